The lowest BCUT2D eigenvalue weighted by molar-refractivity contribution is 0.868. The third kappa shape index (κ3) is 2.04. The molecule has 0 aliphatic carbocycles. The second-order valence-electron chi connectivity index (χ2n) is 3.14. The predicted octanol–water partition coefficient (Wildman–Crippen LogP) is 3.32. The van der Waals surface area contributed by atoms with Gasteiger partial charge in [0.2, 0.25) is 0 Å². The van der Waals surface area contributed by atoms with Crippen LogP contribution in [-0.2, 0) is 12.8 Å². The molecule has 0 aliphatic rings. The van der Waals surface area contributed by atoms with Crippen LogP contribution in [0.1, 0.15) is 37.8 Å². The first-order valence-corrected chi connectivity index (χ1v) is 5.75. The summed E-state index contributed by atoms with van der Waals surface area (Å²) < 4.78 is 0. The Balaban J connectivity index is 2.80. The largest absolute Gasteiger partial charge is 0.146 e. The van der Waals surface area contributed by atoms with E-state index in [1.807, 2.05) is 0 Å². The van der Waals surface area contributed by atoms with Crippen LogP contribution in [0.15, 0.2) is 5.80 Å². The molecule has 0 saturated carbocycles. The van der Waals surface area contributed by atoms with E-state index in [4.69, 9.17) is 0 Å². The standard InChI is InChI=1S/C10H16NP/c1-3-5-8-7-12-10(11)9(8)6-4-2/h7,12H,3-6H2,1-2H3. The zero-order chi connectivity index (χ0) is 8.97. The zero-order valence-electron chi connectivity index (χ0n) is 7.85. The maximum absolute atomic E-state index is 9.56. The molecule has 1 nitrogen and oxygen atoms in total. The number of aryl methyl sites for hydroxylation is 1. The van der Waals surface area contributed by atoms with Gasteiger partial charge in [0.15, 0.2) is 0 Å². The van der Waals surface area contributed by atoms with Crippen molar-refractivity contribution >= 4 is 13.6 Å². The molecule has 1 aromatic heterocycles. The molecule has 2 radical (unpaired) electrons. The summed E-state index contributed by atoms with van der Waals surface area (Å²) in [6, 6.07) is 0. The van der Waals surface area contributed by atoms with Crippen LogP contribution >= 0.6 is 8.19 Å². The van der Waals surface area contributed by atoms with Gasteiger partial charge in [-0.05, 0) is 29.8 Å². The smallest absolute Gasteiger partial charge is 0.105 e. The second kappa shape index (κ2) is 4.57. The predicted molar refractivity (Wildman–Crippen MR) is 55.7 cm³/mol. The van der Waals surface area contributed by atoms with Crippen molar-refractivity contribution in [1.29, 1.82) is 0 Å². The lowest BCUT2D eigenvalue weighted by Crippen LogP contribution is -1.89. The molecular weight excluding hydrogens is 165 g/mol. The number of hydrogen-bond acceptors (Lipinski definition) is 0. The number of rotatable bonds is 4. The molecule has 0 bridgehead atoms. The van der Waals surface area contributed by atoms with Crippen molar-refractivity contribution in [3.05, 3.63) is 16.9 Å². The maximum atomic E-state index is 9.56. The maximum Gasteiger partial charge on any atom is 0.105 e. The van der Waals surface area contributed by atoms with Crippen molar-refractivity contribution in [2.75, 3.05) is 0 Å². The molecule has 0 aliphatic heterocycles. The molecule has 1 heterocycles. The van der Waals surface area contributed by atoms with E-state index in [1.54, 1.807) is 0 Å². The Hall–Kier alpha value is -0.420. The summed E-state index contributed by atoms with van der Waals surface area (Å²) in [7, 11) is 0.536. The first-order valence-electron chi connectivity index (χ1n) is 4.67. The van der Waals surface area contributed by atoms with Crippen LogP contribution < -0.4 is 5.73 Å². The zero-order valence-corrected chi connectivity index (χ0v) is 8.85. The molecule has 1 unspecified atom stereocenters. The highest BCUT2D eigenvalue weighted by Gasteiger charge is 2.07. The first-order chi connectivity index (χ1) is 5.79. The summed E-state index contributed by atoms with van der Waals surface area (Å²) in [5.41, 5.74) is 12.8. The average molecular weight is 181 g/mol. The van der Waals surface area contributed by atoms with Crippen LogP contribution in [-0.4, -0.2) is 0 Å². The van der Waals surface area contributed by atoms with Crippen molar-refractivity contribution < 1.29 is 0 Å². The van der Waals surface area contributed by atoms with Gasteiger partial charge >= 0.3 is 0 Å². The van der Waals surface area contributed by atoms with Crippen molar-refractivity contribution in [2.24, 2.45) is 0 Å². The number of nitrogens with zero attached hydrogens (tertiary/aromatic N) is 1. The minimum absolute atomic E-state index is 0.536. The van der Waals surface area contributed by atoms with Crippen molar-refractivity contribution in [3.8, 4) is 0 Å². The fraction of sp³-hybridized carbons (Fsp3) is 0.600. The Kier molecular flexibility index (Phi) is 3.68. The Labute approximate surface area is 76.4 Å². The molecule has 0 saturated heterocycles. The van der Waals surface area contributed by atoms with E-state index in [0.29, 0.717) is 13.6 Å². The van der Waals surface area contributed by atoms with Crippen LogP contribution in [0.5, 0.6) is 0 Å². The van der Waals surface area contributed by atoms with E-state index >= 15 is 0 Å². The Morgan fingerprint density at radius 2 is 1.92 bits per heavy atom. The second-order valence-corrected chi connectivity index (χ2v) is 4.19. The summed E-state index contributed by atoms with van der Waals surface area (Å²) in [4.78, 5) is 0. The molecule has 0 aromatic carbocycles. The molecule has 12 heavy (non-hydrogen) atoms. The first kappa shape index (κ1) is 9.67. The van der Waals surface area contributed by atoms with E-state index in [1.165, 1.54) is 17.5 Å². The lowest BCUT2D eigenvalue weighted by atomic mass is 10.0. The van der Waals surface area contributed by atoms with E-state index in [9.17, 15) is 5.73 Å². The molecule has 0 fully saturated rings. The molecule has 2 heteroatoms. The third-order valence-electron chi connectivity index (χ3n) is 2.08. The topological polar surface area (TPSA) is 22.3 Å². The van der Waals surface area contributed by atoms with Crippen molar-refractivity contribution in [2.45, 2.75) is 39.5 Å². The minimum atomic E-state index is 0.536. The normalized spacial score (nSPS) is 11.2. The molecule has 0 N–H and O–H groups in total. The Morgan fingerprint density at radius 1 is 1.25 bits per heavy atom. The van der Waals surface area contributed by atoms with E-state index in [-0.39, 0.29) is 0 Å². The van der Waals surface area contributed by atoms with Gasteiger partial charge in [0.1, 0.15) is 5.42 Å². The highest BCUT2D eigenvalue weighted by Crippen LogP contribution is 2.32. The molecule has 66 valence electrons. The minimum Gasteiger partial charge on any atom is -0.146 e. The molecule has 0 spiro atoms. The summed E-state index contributed by atoms with van der Waals surface area (Å²) in [5.74, 6) is 2.20. The van der Waals surface area contributed by atoms with E-state index in [0.717, 1.165) is 19.3 Å². The average Bonchev–Trinajstić information content (AvgIpc) is 2.37. The highest BCUT2D eigenvalue weighted by atomic mass is 31.0. The van der Waals surface area contributed by atoms with Crippen LogP contribution in [0.2, 0.25) is 0 Å². The van der Waals surface area contributed by atoms with Gasteiger partial charge in [0.25, 0.3) is 0 Å². The Bertz CT molecular complexity index is 240. The van der Waals surface area contributed by atoms with Crippen LogP contribution in [0.25, 0.3) is 0 Å². The highest BCUT2D eigenvalue weighted by molar-refractivity contribution is 7.33. The fourth-order valence-electron chi connectivity index (χ4n) is 1.50. The quantitative estimate of drug-likeness (QED) is 0.680. The van der Waals surface area contributed by atoms with E-state index < -0.39 is 0 Å². The Morgan fingerprint density at radius 3 is 2.50 bits per heavy atom. The van der Waals surface area contributed by atoms with Gasteiger partial charge in [-0.2, -0.15) is 0 Å². The van der Waals surface area contributed by atoms with Gasteiger partial charge in [0.05, 0.1) is 0 Å². The van der Waals surface area contributed by atoms with Crippen LogP contribution in [0, 0.1) is 0 Å². The molecule has 1 aromatic rings. The number of hydrogen-bond donors (Lipinski definition) is 0. The van der Waals surface area contributed by atoms with E-state index in [2.05, 4.69) is 19.6 Å². The molecular formula is C10H16NP. The fourth-order valence-corrected chi connectivity index (χ4v) is 2.59. The van der Waals surface area contributed by atoms with Crippen molar-refractivity contribution in [1.82, 2.24) is 5.73 Å². The monoisotopic (exact) mass is 181 g/mol. The summed E-state index contributed by atoms with van der Waals surface area (Å²) in [6.07, 6.45) is 4.48. The van der Waals surface area contributed by atoms with Gasteiger partial charge in [0, 0.05) is 0 Å². The van der Waals surface area contributed by atoms with Gasteiger partial charge < -0.3 is 0 Å². The van der Waals surface area contributed by atoms with Gasteiger partial charge in [-0.3, -0.25) is 0 Å². The third-order valence-corrected chi connectivity index (χ3v) is 3.14. The molecule has 1 rings (SSSR count). The summed E-state index contributed by atoms with van der Waals surface area (Å²) in [5, 5.41) is 0. The van der Waals surface area contributed by atoms with Gasteiger partial charge in [-0.15, -0.1) is 13.9 Å². The SMILES string of the molecule is CCCc1c[pH]c([N])c1CCC. The van der Waals surface area contributed by atoms with Crippen LogP contribution in [0.3, 0.4) is 0 Å². The molecule has 0 amide bonds. The molecule has 1 atom stereocenters. The summed E-state index contributed by atoms with van der Waals surface area (Å²) in [6.45, 7) is 4.34. The van der Waals surface area contributed by atoms with Gasteiger partial charge in [-0.1, -0.05) is 26.7 Å². The van der Waals surface area contributed by atoms with Gasteiger partial charge in [-0.25, -0.2) is 0 Å². The summed E-state index contributed by atoms with van der Waals surface area (Å²) >= 11 is 0. The van der Waals surface area contributed by atoms with Crippen molar-refractivity contribution in [3.63, 3.8) is 0 Å². The lowest BCUT2D eigenvalue weighted by Gasteiger charge is -2.01. The van der Waals surface area contributed by atoms with Crippen LogP contribution in [0.4, 0.5) is 5.42 Å².